The summed E-state index contributed by atoms with van der Waals surface area (Å²) >= 11 is 0. The average molecular weight is 321 g/mol. The van der Waals surface area contributed by atoms with Gasteiger partial charge in [-0.05, 0) is 60.3 Å². The fourth-order valence-corrected chi connectivity index (χ4v) is 3.40. The van der Waals surface area contributed by atoms with Crippen molar-refractivity contribution >= 4 is 23.2 Å². The predicted molar refractivity (Wildman–Crippen MR) is 93.2 cm³/mol. The molecule has 3 N–H and O–H groups in total. The van der Waals surface area contributed by atoms with Crippen LogP contribution in [0.25, 0.3) is 0 Å². The number of carbonyl (C=O) groups is 2. The lowest BCUT2D eigenvalue weighted by atomic mass is 10.0. The van der Waals surface area contributed by atoms with Gasteiger partial charge in [-0.2, -0.15) is 0 Å². The van der Waals surface area contributed by atoms with Gasteiger partial charge in [-0.1, -0.05) is 12.1 Å². The van der Waals surface area contributed by atoms with E-state index in [9.17, 15) is 9.59 Å². The first kappa shape index (κ1) is 14.9. The molecule has 0 bridgehead atoms. The van der Waals surface area contributed by atoms with Crippen molar-refractivity contribution in [2.24, 2.45) is 0 Å². The molecule has 0 aliphatic carbocycles. The Balaban J connectivity index is 1.58. The molecule has 0 atom stereocenters. The Labute approximate surface area is 140 Å². The van der Waals surface area contributed by atoms with Gasteiger partial charge in [0.25, 0.3) is 5.91 Å². The van der Waals surface area contributed by atoms with Crippen LogP contribution in [0.3, 0.4) is 0 Å². The highest BCUT2D eigenvalue weighted by Crippen LogP contribution is 2.27. The molecule has 0 spiro atoms. The molecule has 4 rings (SSSR count). The third kappa shape index (κ3) is 2.78. The van der Waals surface area contributed by atoms with E-state index in [0.29, 0.717) is 5.56 Å². The third-order valence-corrected chi connectivity index (χ3v) is 4.61. The number of carbonyl (C=O) groups excluding carboxylic acids is 2. The first-order valence-electron chi connectivity index (χ1n) is 8.26. The van der Waals surface area contributed by atoms with E-state index in [1.54, 1.807) is 12.1 Å². The molecule has 2 amide bonds. The van der Waals surface area contributed by atoms with E-state index < -0.39 is 0 Å². The zero-order valence-electron chi connectivity index (χ0n) is 13.3. The van der Waals surface area contributed by atoms with Crippen LogP contribution < -0.4 is 16.0 Å². The molecule has 5 heteroatoms. The molecule has 5 nitrogen and oxygen atoms in total. The first-order valence-corrected chi connectivity index (χ1v) is 8.26. The summed E-state index contributed by atoms with van der Waals surface area (Å²) in [6.45, 7) is 1.85. The van der Waals surface area contributed by atoms with Crippen molar-refractivity contribution in [1.82, 2.24) is 5.32 Å². The molecule has 2 aromatic rings. The normalized spacial score (nSPS) is 15.9. The van der Waals surface area contributed by atoms with Gasteiger partial charge in [0.05, 0.1) is 6.42 Å². The topological polar surface area (TPSA) is 70.2 Å². The van der Waals surface area contributed by atoms with Gasteiger partial charge in [0.1, 0.15) is 0 Å². The summed E-state index contributed by atoms with van der Waals surface area (Å²) in [5.74, 6) is -0.244. The van der Waals surface area contributed by atoms with E-state index in [2.05, 4.69) is 22.0 Å². The zero-order valence-corrected chi connectivity index (χ0v) is 13.3. The van der Waals surface area contributed by atoms with E-state index in [0.717, 1.165) is 42.9 Å². The number of hydrogen-bond acceptors (Lipinski definition) is 3. The monoisotopic (exact) mass is 321 g/mol. The minimum Gasteiger partial charge on any atom is -0.326 e. The van der Waals surface area contributed by atoms with Crippen LogP contribution in [0.4, 0.5) is 11.4 Å². The summed E-state index contributed by atoms with van der Waals surface area (Å²) in [6, 6.07) is 11.5. The Morgan fingerprint density at radius 2 is 2.04 bits per heavy atom. The number of benzene rings is 2. The number of aryl methyl sites for hydroxylation is 1. The molecule has 2 aromatic carbocycles. The molecule has 0 radical (unpaired) electrons. The standard InChI is InChI=1S/C19H19N3O2/c23-18-10-16-15(4-1-5-17(16)22-18)19(24)21-14-7-6-12-3-2-8-20-11-13(12)9-14/h1,4-7,9,20H,2-3,8,10-11H2,(H,21,24)(H,22,23). The van der Waals surface area contributed by atoms with Gasteiger partial charge in [0.2, 0.25) is 5.91 Å². The average Bonchev–Trinajstić information content (AvgIpc) is 2.80. The summed E-state index contributed by atoms with van der Waals surface area (Å²) in [5, 5.41) is 9.14. The predicted octanol–water partition coefficient (Wildman–Crippen LogP) is 2.47. The van der Waals surface area contributed by atoms with Gasteiger partial charge in [-0.15, -0.1) is 0 Å². The molecule has 2 heterocycles. The van der Waals surface area contributed by atoms with Crippen LogP contribution in [0.1, 0.15) is 33.5 Å². The second kappa shape index (κ2) is 6.09. The molecule has 2 aliphatic heterocycles. The second-order valence-electron chi connectivity index (χ2n) is 6.27. The summed E-state index contributed by atoms with van der Waals surface area (Å²) in [5.41, 5.74) is 5.43. The van der Waals surface area contributed by atoms with Crippen molar-refractivity contribution in [2.45, 2.75) is 25.8 Å². The maximum atomic E-state index is 12.7. The van der Waals surface area contributed by atoms with Crippen LogP contribution in [0, 0.1) is 0 Å². The second-order valence-corrected chi connectivity index (χ2v) is 6.27. The highest BCUT2D eigenvalue weighted by atomic mass is 16.2. The molecule has 2 aliphatic rings. The van der Waals surface area contributed by atoms with Crippen LogP contribution in [0.2, 0.25) is 0 Å². The highest BCUT2D eigenvalue weighted by Gasteiger charge is 2.23. The summed E-state index contributed by atoms with van der Waals surface area (Å²) in [6.07, 6.45) is 2.46. The van der Waals surface area contributed by atoms with Crippen LogP contribution in [0.5, 0.6) is 0 Å². The van der Waals surface area contributed by atoms with E-state index in [1.807, 2.05) is 18.2 Å². The molecule has 0 fully saturated rings. The van der Waals surface area contributed by atoms with Crippen LogP contribution in [0.15, 0.2) is 36.4 Å². The Bertz CT molecular complexity index is 829. The number of fused-ring (bicyclic) bond motifs is 2. The SMILES string of the molecule is O=C1Cc2c(cccc2C(=O)Nc2ccc3c(c2)CNCCC3)N1. The summed E-state index contributed by atoms with van der Waals surface area (Å²) in [4.78, 5) is 24.2. The molecule has 24 heavy (non-hydrogen) atoms. The van der Waals surface area contributed by atoms with E-state index in [4.69, 9.17) is 0 Å². The van der Waals surface area contributed by atoms with Crippen LogP contribution in [-0.2, 0) is 24.2 Å². The van der Waals surface area contributed by atoms with Gasteiger partial charge in [0, 0.05) is 23.5 Å². The van der Waals surface area contributed by atoms with Crippen molar-refractivity contribution < 1.29 is 9.59 Å². The van der Waals surface area contributed by atoms with Crippen molar-refractivity contribution in [1.29, 1.82) is 0 Å². The molecular formula is C19H19N3O2. The van der Waals surface area contributed by atoms with Crippen LogP contribution >= 0.6 is 0 Å². The Morgan fingerprint density at radius 1 is 1.12 bits per heavy atom. The van der Waals surface area contributed by atoms with Gasteiger partial charge < -0.3 is 16.0 Å². The van der Waals surface area contributed by atoms with Crippen LogP contribution in [-0.4, -0.2) is 18.4 Å². The molecule has 0 saturated heterocycles. The Morgan fingerprint density at radius 3 is 2.96 bits per heavy atom. The molecule has 0 unspecified atom stereocenters. The number of amides is 2. The van der Waals surface area contributed by atoms with Gasteiger partial charge in [0.15, 0.2) is 0 Å². The van der Waals surface area contributed by atoms with E-state index in [-0.39, 0.29) is 18.2 Å². The van der Waals surface area contributed by atoms with Crippen molar-refractivity contribution in [3.63, 3.8) is 0 Å². The Hall–Kier alpha value is -2.66. The third-order valence-electron chi connectivity index (χ3n) is 4.61. The lowest BCUT2D eigenvalue weighted by Crippen LogP contribution is -2.15. The number of hydrogen-bond donors (Lipinski definition) is 3. The number of nitrogens with one attached hydrogen (secondary N) is 3. The quantitative estimate of drug-likeness (QED) is 0.796. The number of anilines is 2. The molecule has 0 saturated carbocycles. The fourth-order valence-electron chi connectivity index (χ4n) is 3.40. The van der Waals surface area contributed by atoms with E-state index >= 15 is 0 Å². The molecule has 122 valence electrons. The first-order chi connectivity index (χ1) is 11.7. The number of rotatable bonds is 2. The molecule has 0 aromatic heterocycles. The minimum absolute atomic E-state index is 0.0682. The lowest BCUT2D eigenvalue weighted by Gasteiger charge is -2.11. The van der Waals surface area contributed by atoms with Crippen molar-refractivity contribution in [3.05, 3.63) is 58.7 Å². The van der Waals surface area contributed by atoms with Gasteiger partial charge >= 0.3 is 0 Å². The van der Waals surface area contributed by atoms with E-state index in [1.165, 1.54) is 11.1 Å². The van der Waals surface area contributed by atoms with Crippen molar-refractivity contribution in [2.75, 3.05) is 17.2 Å². The fraction of sp³-hybridized carbons (Fsp3) is 0.263. The maximum absolute atomic E-state index is 12.7. The molecular weight excluding hydrogens is 302 g/mol. The summed E-state index contributed by atoms with van der Waals surface area (Å²) < 4.78 is 0. The van der Waals surface area contributed by atoms with Gasteiger partial charge in [-0.3, -0.25) is 9.59 Å². The highest BCUT2D eigenvalue weighted by molar-refractivity contribution is 6.10. The minimum atomic E-state index is -0.176. The largest absolute Gasteiger partial charge is 0.326 e. The Kier molecular flexibility index (Phi) is 3.78. The summed E-state index contributed by atoms with van der Waals surface area (Å²) in [7, 11) is 0. The zero-order chi connectivity index (χ0) is 16.5. The van der Waals surface area contributed by atoms with Gasteiger partial charge in [-0.25, -0.2) is 0 Å². The smallest absolute Gasteiger partial charge is 0.256 e. The van der Waals surface area contributed by atoms with Crippen molar-refractivity contribution in [3.8, 4) is 0 Å². The lowest BCUT2D eigenvalue weighted by molar-refractivity contribution is -0.115. The maximum Gasteiger partial charge on any atom is 0.256 e.